The summed E-state index contributed by atoms with van der Waals surface area (Å²) in [7, 11) is 0. The molecule has 0 radical (unpaired) electrons. The van der Waals surface area contributed by atoms with E-state index in [4.69, 9.17) is 5.73 Å². The van der Waals surface area contributed by atoms with Crippen LogP contribution in [0.1, 0.15) is 16.4 Å². The summed E-state index contributed by atoms with van der Waals surface area (Å²) in [6.45, 7) is 1.92. The SMILES string of the molecule is Cc1csc(CC(=O)Cc2csc(N)n2)n1. The molecule has 2 aromatic rings. The largest absolute Gasteiger partial charge is 0.375 e. The number of hydrogen-bond donors (Lipinski definition) is 1. The second kappa shape index (κ2) is 4.71. The number of aryl methyl sites for hydroxylation is 1. The molecule has 2 N–H and O–H groups in total. The third kappa shape index (κ3) is 2.86. The highest BCUT2D eigenvalue weighted by Gasteiger charge is 2.09. The Hall–Kier alpha value is -1.27. The topological polar surface area (TPSA) is 68.9 Å². The summed E-state index contributed by atoms with van der Waals surface area (Å²) in [6.07, 6.45) is 0.724. The number of anilines is 1. The third-order valence-electron chi connectivity index (χ3n) is 1.96. The molecule has 0 saturated carbocycles. The van der Waals surface area contributed by atoms with Gasteiger partial charge in [0, 0.05) is 16.5 Å². The summed E-state index contributed by atoms with van der Waals surface area (Å²) in [4.78, 5) is 20.0. The predicted octanol–water partition coefficient (Wildman–Crippen LogP) is 1.84. The molecule has 0 bridgehead atoms. The highest BCUT2D eigenvalue weighted by Crippen LogP contribution is 2.14. The van der Waals surface area contributed by atoms with Crippen LogP contribution in [-0.2, 0) is 17.6 Å². The highest BCUT2D eigenvalue weighted by atomic mass is 32.1. The average Bonchev–Trinajstić information content (AvgIpc) is 2.76. The molecule has 2 rings (SSSR count). The van der Waals surface area contributed by atoms with E-state index in [9.17, 15) is 4.79 Å². The van der Waals surface area contributed by atoms with Crippen molar-refractivity contribution in [2.75, 3.05) is 5.73 Å². The lowest BCUT2D eigenvalue weighted by Gasteiger charge is -1.94. The van der Waals surface area contributed by atoms with Gasteiger partial charge in [0.15, 0.2) is 5.13 Å². The fourth-order valence-electron chi connectivity index (χ4n) is 1.32. The number of aromatic nitrogens is 2. The average molecular weight is 253 g/mol. The fourth-order valence-corrected chi connectivity index (χ4v) is 2.68. The maximum absolute atomic E-state index is 11.7. The second-order valence-electron chi connectivity index (χ2n) is 3.45. The first kappa shape index (κ1) is 11.2. The van der Waals surface area contributed by atoms with Crippen LogP contribution in [0.3, 0.4) is 0 Å². The molecule has 0 saturated heterocycles. The molecule has 0 atom stereocenters. The van der Waals surface area contributed by atoms with Crippen molar-refractivity contribution in [1.29, 1.82) is 0 Å². The normalized spacial score (nSPS) is 10.6. The van der Waals surface area contributed by atoms with E-state index in [1.807, 2.05) is 17.7 Å². The molecule has 0 amide bonds. The van der Waals surface area contributed by atoms with Crippen molar-refractivity contribution in [2.45, 2.75) is 19.8 Å². The van der Waals surface area contributed by atoms with Gasteiger partial charge in [0.05, 0.1) is 18.5 Å². The van der Waals surface area contributed by atoms with Crippen LogP contribution in [0.15, 0.2) is 10.8 Å². The Morgan fingerprint density at radius 1 is 1.31 bits per heavy atom. The molecule has 2 aromatic heterocycles. The van der Waals surface area contributed by atoms with E-state index in [0.29, 0.717) is 18.0 Å². The summed E-state index contributed by atoms with van der Waals surface area (Å²) >= 11 is 2.88. The van der Waals surface area contributed by atoms with Gasteiger partial charge in [-0.1, -0.05) is 0 Å². The fraction of sp³-hybridized carbons (Fsp3) is 0.300. The van der Waals surface area contributed by atoms with E-state index >= 15 is 0 Å². The monoisotopic (exact) mass is 253 g/mol. The van der Waals surface area contributed by atoms with Crippen LogP contribution in [0, 0.1) is 6.92 Å². The second-order valence-corrected chi connectivity index (χ2v) is 5.28. The van der Waals surface area contributed by atoms with Crippen molar-refractivity contribution in [2.24, 2.45) is 0 Å². The molecule has 84 valence electrons. The molecule has 0 spiro atoms. The van der Waals surface area contributed by atoms with E-state index in [-0.39, 0.29) is 5.78 Å². The zero-order chi connectivity index (χ0) is 11.5. The van der Waals surface area contributed by atoms with Crippen LogP contribution in [0.5, 0.6) is 0 Å². The molecule has 0 aliphatic carbocycles. The Balaban J connectivity index is 1.94. The van der Waals surface area contributed by atoms with Crippen LogP contribution >= 0.6 is 22.7 Å². The third-order valence-corrected chi connectivity index (χ3v) is 3.65. The van der Waals surface area contributed by atoms with Crippen molar-refractivity contribution in [3.63, 3.8) is 0 Å². The number of Topliss-reactive ketones (excluding diaryl/α,β-unsaturated/α-hetero) is 1. The Morgan fingerprint density at radius 2 is 2.12 bits per heavy atom. The molecule has 0 aliphatic heterocycles. The number of hydrogen-bond acceptors (Lipinski definition) is 6. The van der Waals surface area contributed by atoms with E-state index in [1.165, 1.54) is 22.7 Å². The standard InChI is InChI=1S/C10H11N3OS2/c1-6-4-15-9(12-6)3-8(14)2-7-5-16-10(11)13-7/h4-5H,2-3H2,1H3,(H2,11,13). The lowest BCUT2D eigenvalue weighted by Crippen LogP contribution is -2.06. The number of nitrogen functional groups attached to an aromatic ring is 1. The van der Waals surface area contributed by atoms with Crippen molar-refractivity contribution >= 4 is 33.6 Å². The van der Waals surface area contributed by atoms with Gasteiger partial charge in [0.25, 0.3) is 0 Å². The molecule has 2 heterocycles. The van der Waals surface area contributed by atoms with Crippen LogP contribution in [0.4, 0.5) is 5.13 Å². The van der Waals surface area contributed by atoms with Gasteiger partial charge in [0.1, 0.15) is 10.8 Å². The summed E-state index contributed by atoms with van der Waals surface area (Å²) in [5.74, 6) is 0.125. The molecule has 0 aromatic carbocycles. The lowest BCUT2D eigenvalue weighted by molar-refractivity contribution is -0.117. The van der Waals surface area contributed by atoms with Gasteiger partial charge >= 0.3 is 0 Å². The summed E-state index contributed by atoms with van der Waals surface area (Å²) in [5, 5.41) is 5.14. The number of nitrogens with zero attached hydrogens (tertiary/aromatic N) is 2. The highest BCUT2D eigenvalue weighted by molar-refractivity contribution is 7.13. The first-order valence-electron chi connectivity index (χ1n) is 4.76. The number of thiazole rings is 2. The minimum Gasteiger partial charge on any atom is -0.375 e. The van der Waals surface area contributed by atoms with Gasteiger partial charge < -0.3 is 5.73 Å². The van der Waals surface area contributed by atoms with E-state index in [1.54, 1.807) is 0 Å². The van der Waals surface area contributed by atoms with Crippen molar-refractivity contribution < 1.29 is 4.79 Å². The maximum Gasteiger partial charge on any atom is 0.180 e. The quantitative estimate of drug-likeness (QED) is 0.902. The minimum atomic E-state index is 0.125. The van der Waals surface area contributed by atoms with Gasteiger partial charge in [-0.3, -0.25) is 4.79 Å². The minimum absolute atomic E-state index is 0.125. The lowest BCUT2D eigenvalue weighted by atomic mass is 10.2. The zero-order valence-corrected chi connectivity index (χ0v) is 10.4. The maximum atomic E-state index is 11.7. The van der Waals surface area contributed by atoms with E-state index < -0.39 is 0 Å². The number of rotatable bonds is 4. The first-order chi connectivity index (χ1) is 7.63. The Labute approximate surface area is 101 Å². The summed E-state index contributed by atoms with van der Waals surface area (Å²) in [6, 6.07) is 0. The number of ketones is 1. The van der Waals surface area contributed by atoms with Gasteiger partial charge in [-0.25, -0.2) is 9.97 Å². The van der Waals surface area contributed by atoms with Crippen LogP contribution < -0.4 is 5.73 Å². The molecule has 0 fully saturated rings. The Bertz CT molecular complexity index is 459. The molecular formula is C10H11N3OS2. The number of carbonyl (C=O) groups is 1. The number of nitrogens with two attached hydrogens (primary N) is 1. The zero-order valence-electron chi connectivity index (χ0n) is 8.77. The van der Waals surface area contributed by atoms with E-state index in [0.717, 1.165) is 16.4 Å². The first-order valence-corrected chi connectivity index (χ1v) is 6.52. The van der Waals surface area contributed by atoms with Crippen LogP contribution in [0.2, 0.25) is 0 Å². The smallest absolute Gasteiger partial charge is 0.180 e. The van der Waals surface area contributed by atoms with Crippen LogP contribution in [-0.4, -0.2) is 15.8 Å². The molecular weight excluding hydrogens is 242 g/mol. The molecule has 6 heteroatoms. The van der Waals surface area contributed by atoms with Gasteiger partial charge in [-0.05, 0) is 6.92 Å². The van der Waals surface area contributed by atoms with Crippen molar-refractivity contribution in [1.82, 2.24) is 9.97 Å². The Kier molecular flexibility index (Phi) is 3.31. The van der Waals surface area contributed by atoms with Crippen molar-refractivity contribution in [3.05, 3.63) is 27.2 Å². The van der Waals surface area contributed by atoms with Gasteiger partial charge in [0.2, 0.25) is 0 Å². The number of carbonyl (C=O) groups excluding carboxylic acids is 1. The Morgan fingerprint density at radius 3 is 2.69 bits per heavy atom. The molecule has 0 unspecified atom stereocenters. The predicted molar refractivity (Wildman–Crippen MR) is 65.8 cm³/mol. The van der Waals surface area contributed by atoms with E-state index in [2.05, 4.69) is 9.97 Å². The van der Waals surface area contributed by atoms with Gasteiger partial charge in [-0.2, -0.15) is 0 Å². The summed E-state index contributed by atoms with van der Waals surface area (Å²) in [5.41, 5.74) is 7.21. The molecule has 4 nitrogen and oxygen atoms in total. The summed E-state index contributed by atoms with van der Waals surface area (Å²) < 4.78 is 0. The van der Waals surface area contributed by atoms with Gasteiger partial charge in [-0.15, -0.1) is 22.7 Å². The molecule has 16 heavy (non-hydrogen) atoms. The van der Waals surface area contributed by atoms with Crippen LogP contribution in [0.25, 0.3) is 0 Å². The van der Waals surface area contributed by atoms with Crippen molar-refractivity contribution in [3.8, 4) is 0 Å². The molecule has 0 aliphatic rings.